The van der Waals surface area contributed by atoms with Crippen LogP contribution < -0.4 is 15.4 Å². The van der Waals surface area contributed by atoms with E-state index in [-0.39, 0.29) is 30.4 Å². The van der Waals surface area contributed by atoms with E-state index in [4.69, 9.17) is 9.47 Å². The maximum atomic E-state index is 12.2. The third kappa shape index (κ3) is 5.94. The molecule has 2 heterocycles. The number of nitrogens with zero attached hydrogens (tertiary/aromatic N) is 2. The maximum Gasteiger partial charge on any atom is 0.407 e. The molecule has 2 unspecified atom stereocenters. The molecule has 3 N–H and O–H groups in total. The number of nitrogens with one attached hydrogen (secondary N) is 3. The van der Waals surface area contributed by atoms with Crippen LogP contribution >= 0.6 is 0 Å². The summed E-state index contributed by atoms with van der Waals surface area (Å²) >= 11 is 0. The number of methoxy groups -OCH3 is 1. The zero-order chi connectivity index (χ0) is 20.6. The van der Waals surface area contributed by atoms with Gasteiger partial charge in [0.2, 0.25) is 11.8 Å². The first-order valence-corrected chi connectivity index (χ1v) is 9.86. The number of alkyl carbamates (subject to hydrolysis) is 1. The minimum atomic E-state index is -0.358. The van der Waals surface area contributed by atoms with Crippen molar-refractivity contribution in [3.8, 4) is 5.88 Å². The van der Waals surface area contributed by atoms with Crippen LogP contribution in [-0.2, 0) is 16.0 Å². The Labute approximate surface area is 169 Å². The largest absolute Gasteiger partial charge is 0.481 e. The van der Waals surface area contributed by atoms with Crippen LogP contribution in [0.5, 0.6) is 5.88 Å². The quantitative estimate of drug-likeness (QED) is 0.626. The van der Waals surface area contributed by atoms with Gasteiger partial charge < -0.3 is 20.1 Å². The number of rotatable bonds is 8. The summed E-state index contributed by atoms with van der Waals surface area (Å²) in [4.78, 5) is 28.0. The molecule has 9 nitrogen and oxygen atoms in total. The minimum Gasteiger partial charge on any atom is -0.481 e. The normalized spacial score (nSPS) is 18.3. The lowest BCUT2D eigenvalue weighted by Gasteiger charge is -2.12. The van der Waals surface area contributed by atoms with E-state index < -0.39 is 0 Å². The van der Waals surface area contributed by atoms with E-state index in [1.54, 1.807) is 25.4 Å². The number of aromatic nitrogens is 3. The van der Waals surface area contributed by atoms with Gasteiger partial charge >= 0.3 is 6.09 Å². The SMILES string of the molecule is CCCNC(=O)OC1CCC(c2cc(NC(=O)Cc3ccc(OC)nc3)n[nH]2)C1. The van der Waals surface area contributed by atoms with E-state index >= 15 is 0 Å². The second-order valence-corrected chi connectivity index (χ2v) is 7.11. The first kappa shape index (κ1) is 20.6. The van der Waals surface area contributed by atoms with E-state index in [1.165, 1.54) is 0 Å². The van der Waals surface area contributed by atoms with Crippen molar-refractivity contribution < 1.29 is 19.1 Å². The van der Waals surface area contributed by atoms with Crippen LogP contribution in [0.4, 0.5) is 10.6 Å². The Hall–Kier alpha value is -3.10. The number of hydrogen-bond donors (Lipinski definition) is 3. The van der Waals surface area contributed by atoms with Gasteiger partial charge in [0, 0.05) is 36.5 Å². The number of carbonyl (C=O) groups is 2. The molecule has 0 aliphatic heterocycles. The molecule has 0 saturated heterocycles. The fourth-order valence-electron chi connectivity index (χ4n) is 3.37. The zero-order valence-corrected chi connectivity index (χ0v) is 16.7. The molecule has 0 radical (unpaired) electrons. The molecule has 9 heteroatoms. The van der Waals surface area contributed by atoms with Crippen molar-refractivity contribution in [2.75, 3.05) is 19.0 Å². The summed E-state index contributed by atoms with van der Waals surface area (Å²) in [7, 11) is 1.55. The van der Waals surface area contributed by atoms with Crippen LogP contribution in [0, 0.1) is 0 Å². The van der Waals surface area contributed by atoms with Crippen molar-refractivity contribution in [3.05, 3.63) is 35.7 Å². The number of carbonyl (C=O) groups excluding carboxylic acids is 2. The summed E-state index contributed by atoms with van der Waals surface area (Å²) in [6, 6.07) is 5.36. The third-order valence-electron chi connectivity index (χ3n) is 4.85. The van der Waals surface area contributed by atoms with Crippen LogP contribution in [0.3, 0.4) is 0 Å². The van der Waals surface area contributed by atoms with Gasteiger partial charge in [0.15, 0.2) is 5.82 Å². The van der Waals surface area contributed by atoms with Gasteiger partial charge in [-0.05, 0) is 31.2 Å². The molecule has 2 aromatic heterocycles. The number of hydrogen-bond acceptors (Lipinski definition) is 6. The molecule has 156 valence electrons. The van der Waals surface area contributed by atoms with Gasteiger partial charge in [-0.3, -0.25) is 9.89 Å². The van der Waals surface area contributed by atoms with Crippen LogP contribution in [0.25, 0.3) is 0 Å². The van der Waals surface area contributed by atoms with E-state index in [1.807, 2.05) is 13.0 Å². The molecule has 2 amide bonds. The van der Waals surface area contributed by atoms with E-state index in [0.29, 0.717) is 18.2 Å². The summed E-state index contributed by atoms with van der Waals surface area (Å²) in [5.41, 5.74) is 1.72. The van der Waals surface area contributed by atoms with Crippen molar-refractivity contribution >= 4 is 17.8 Å². The zero-order valence-electron chi connectivity index (χ0n) is 16.7. The lowest BCUT2D eigenvalue weighted by molar-refractivity contribution is -0.115. The Balaban J connectivity index is 1.47. The number of amides is 2. The molecule has 0 aromatic carbocycles. The highest BCUT2D eigenvalue weighted by molar-refractivity contribution is 5.91. The van der Waals surface area contributed by atoms with Gasteiger partial charge in [-0.2, -0.15) is 5.10 Å². The smallest absolute Gasteiger partial charge is 0.407 e. The average Bonchev–Trinajstić information content (AvgIpc) is 3.36. The molecule has 1 aliphatic carbocycles. The van der Waals surface area contributed by atoms with Crippen molar-refractivity contribution in [3.63, 3.8) is 0 Å². The van der Waals surface area contributed by atoms with Crippen LogP contribution in [0.1, 0.15) is 49.8 Å². The van der Waals surface area contributed by atoms with Crippen LogP contribution in [0.15, 0.2) is 24.4 Å². The van der Waals surface area contributed by atoms with Gasteiger partial charge in [-0.1, -0.05) is 13.0 Å². The molecule has 3 rings (SSSR count). The Morgan fingerprint density at radius 1 is 1.31 bits per heavy atom. The first-order valence-electron chi connectivity index (χ1n) is 9.86. The molecular weight excluding hydrogens is 374 g/mol. The highest BCUT2D eigenvalue weighted by Crippen LogP contribution is 2.35. The molecule has 2 atom stereocenters. The Morgan fingerprint density at radius 2 is 2.17 bits per heavy atom. The average molecular weight is 401 g/mol. The third-order valence-corrected chi connectivity index (χ3v) is 4.85. The summed E-state index contributed by atoms with van der Waals surface area (Å²) in [6.45, 7) is 2.61. The first-order chi connectivity index (χ1) is 14.1. The second-order valence-electron chi connectivity index (χ2n) is 7.11. The second kappa shape index (κ2) is 9.90. The van der Waals surface area contributed by atoms with Gasteiger partial charge in [0.05, 0.1) is 13.5 Å². The van der Waals surface area contributed by atoms with E-state index in [9.17, 15) is 9.59 Å². The maximum absolute atomic E-state index is 12.2. The van der Waals surface area contributed by atoms with Gasteiger partial charge in [-0.15, -0.1) is 0 Å². The Kier molecular flexibility index (Phi) is 7.04. The minimum absolute atomic E-state index is 0.0965. The van der Waals surface area contributed by atoms with Crippen molar-refractivity contribution in [1.29, 1.82) is 0 Å². The highest BCUT2D eigenvalue weighted by Gasteiger charge is 2.30. The Morgan fingerprint density at radius 3 is 2.90 bits per heavy atom. The summed E-state index contributed by atoms with van der Waals surface area (Å²) in [5.74, 6) is 1.04. The molecule has 1 saturated carbocycles. The molecule has 1 aliphatic rings. The summed E-state index contributed by atoms with van der Waals surface area (Å²) in [6.07, 6.45) is 4.69. The van der Waals surface area contributed by atoms with Gasteiger partial charge in [0.1, 0.15) is 6.10 Å². The van der Waals surface area contributed by atoms with Crippen LogP contribution in [-0.4, -0.2) is 46.9 Å². The Bertz CT molecular complexity index is 821. The lowest BCUT2D eigenvalue weighted by Crippen LogP contribution is -2.28. The topological polar surface area (TPSA) is 118 Å². The van der Waals surface area contributed by atoms with Gasteiger partial charge in [-0.25, -0.2) is 9.78 Å². The number of H-pyrrole nitrogens is 1. The van der Waals surface area contributed by atoms with Gasteiger partial charge in [0.25, 0.3) is 0 Å². The molecule has 0 bridgehead atoms. The number of ether oxygens (including phenoxy) is 2. The molecule has 0 spiro atoms. The van der Waals surface area contributed by atoms with Crippen LogP contribution in [0.2, 0.25) is 0 Å². The molecular formula is C20H27N5O4. The van der Waals surface area contributed by atoms with Crippen molar-refractivity contribution in [2.24, 2.45) is 0 Å². The monoisotopic (exact) mass is 401 g/mol. The number of aromatic amines is 1. The highest BCUT2D eigenvalue weighted by atomic mass is 16.6. The molecule has 2 aromatic rings. The summed E-state index contributed by atoms with van der Waals surface area (Å²) in [5, 5.41) is 12.7. The van der Waals surface area contributed by atoms with E-state index in [2.05, 4.69) is 25.8 Å². The lowest BCUT2D eigenvalue weighted by atomic mass is 10.0. The standard InChI is InChI=1S/C20H27N5O4/c1-3-8-21-20(27)29-15-6-5-14(10-15)16-11-17(25-24-16)23-18(26)9-13-4-7-19(28-2)22-12-13/h4,7,11-12,14-15H,3,5-6,8-10H2,1-2H3,(H,21,27)(H2,23,24,25,26). The fourth-order valence-corrected chi connectivity index (χ4v) is 3.37. The molecule has 1 fully saturated rings. The predicted octanol–water partition coefficient (Wildman–Crippen LogP) is 2.77. The predicted molar refractivity (Wildman–Crippen MR) is 107 cm³/mol. The van der Waals surface area contributed by atoms with Crippen molar-refractivity contribution in [2.45, 2.75) is 51.0 Å². The molecule has 29 heavy (non-hydrogen) atoms. The fraction of sp³-hybridized carbons (Fsp3) is 0.500. The van der Waals surface area contributed by atoms with E-state index in [0.717, 1.165) is 36.9 Å². The van der Waals surface area contributed by atoms with Crippen molar-refractivity contribution in [1.82, 2.24) is 20.5 Å². The number of anilines is 1. The number of pyridine rings is 1. The summed E-state index contributed by atoms with van der Waals surface area (Å²) < 4.78 is 10.5.